The van der Waals surface area contributed by atoms with Crippen LogP contribution in [0.2, 0.25) is 0 Å². The van der Waals surface area contributed by atoms with E-state index in [9.17, 15) is 13.2 Å². The second-order valence-corrected chi connectivity index (χ2v) is 3.46. The molecule has 1 aromatic carbocycles. The minimum atomic E-state index is -4.28. The normalized spacial score (nSPS) is 11.4. The van der Waals surface area contributed by atoms with Gasteiger partial charge in [-0.2, -0.15) is 13.2 Å². The molecule has 0 aliphatic carbocycles. The molecule has 0 bridgehead atoms. The Kier molecular flexibility index (Phi) is 3.69. The number of rotatable bonds is 3. The van der Waals surface area contributed by atoms with Crippen LogP contribution in [0.15, 0.2) is 29.2 Å². The van der Waals surface area contributed by atoms with E-state index in [0.717, 1.165) is 4.90 Å². The highest BCUT2D eigenvalue weighted by molar-refractivity contribution is 7.98. The molecule has 0 saturated heterocycles. The van der Waals surface area contributed by atoms with Crippen molar-refractivity contribution in [2.45, 2.75) is 11.1 Å². The smallest absolute Gasteiger partial charge is 0.422 e. The summed E-state index contributed by atoms with van der Waals surface area (Å²) in [5, 5.41) is 0. The number of halogens is 3. The van der Waals surface area contributed by atoms with Crippen LogP contribution in [0.5, 0.6) is 5.75 Å². The first-order valence-electron chi connectivity index (χ1n) is 3.85. The highest BCUT2D eigenvalue weighted by Gasteiger charge is 2.28. The van der Waals surface area contributed by atoms with E-state index in [1.54, 1.807) is 12.1 Å². The molecule has 0 aromatic heterocycles. The molecule has 78 valence electrons. The third kappa shape index (κ3) is 3.91. The van der Waals surface area contributed by atoms with E-state index in [2.05, 4.69) is 4.74 Å². The van der Waals surface area contributed by atoms with E-state index in [1.165, 1.54) is 23.9 Å². The summed E-state index contributed by atoms with van der Waals surface area (Å²) >= 11 is 1.52. The highest BCUT2D eigenvalue weighted by atomic mass is 32.2. The van der Waals surface area contributed by atoms with Crippen molar-refractivity contribution >= 4 is 11.8 Å². The second-order valence-electron chi connectivity index (χ2n) is 2.58. The number of alkyl halides is 3. The molecule has 0 aliphatic rings. The SMILES string of the molecule is CSc1ccc(OCC(F)(F)F)cc1. The summed E-state index contributed by atoms with van der Waals surface area (Å²) in [6, 6.07) is 6.49. The molecule has 14 heavy (non-hydrogen) atoms. The Hall–Kier alpha value is -0.840. The van der Waals surface area contributed by atoms with Crippen LogP contribution in [0.3, 0.4) is 0 Å². The zero-order valence-corrected chi connectivity index (χ0v) is 8.28. The zero-order valence-electron chi connectivity index (χ0n) is 7.47. The van der Waals surface area contributed by atoms with Gasteiger partial charge in [0.05, 0.1) is 0 Å². The fourth-order valence-electron chi connectivity index (χ4n) is 0.837. The lowest BCUT2D eigenvalue weighted by atomic mass is 10.3. The predicted octanol–water partition coefficient (Wildman–Crippen LogP) is 3.35. The topological polar surface area (TPSA) is 9.23 Å². The van der Waals surface area contributed by atoms with Crippen LogP contribution in [0.1, 0.15) is 0 Å². The van der Waals surface area contributed by atoms with Crippen LogP contribution < -0.4 is 4.74 Å². The van der Waals surface area contributed by atoms with E-state index in [1.807, 2.05) is 6.26 Å². The molecule has 5 heteroatoms. The van der Waals surface area contributed by atoms with E-state index in [-0.39, 0.29) is 5.75 Å². The van der Waals surface area contributed by atoms with Gasteiger partial charge in [-0.25, -0.2) is 0 Å². The Morgan fingerprint density at radius 1 is 1.21 bits per heavy atom. The van der Waals surface area contributed by atoms with Crippen LogP contribution in [-0.2, 0) is 0 Å². The van der Waals surface area contributed by atoms with Gasteiger partial charge in [0, 0.05) is 4.90 Å². The van der Waals surface area contributed by atoms with Gasteiger partial charge in [-0.15, -0.1) is 11.8 Å². The number of thioether (sulfide) groups is 1. The third-order valence-electron chi connectivity index (χ3n) is 1.46. The molecule has 0 aliphatic heterocycles. The first-order valence-corrected chi connectivity index (χ1v) is 5.07. The molecular weight excluding hydrogens is 213 g/mol. The molecule has 0 saturated carbocycles. The average Bonchev–Trinajstić information content (AvgIpc) is 2.14. The molecule has 0 radical (unpaired) electrons. The Bertz CT molecular complexity index is 281. The van der Waals surface area contributed by atoms with Crippen molar-refractivity contribution in [3.05, 3.63) is 24.3 Å². The number of hydrogen-bond acceptors (Lipinski definition) is 2. The lowest BCUT2D eigenvalue weighted by Crippen LogP contribution is -2.19. The second kappa shape index (κ2) is 4.59. The van der Waals surface area contributed by atoms with Crippen LogP contribution in [0, 0.1) is 0 Å². The molecule has 0 spiro atoms. The standard InChI is InChI=1S/C9H9F3OS/c1-14-8-4-2-7(3-5-8)13-6-9(10,11)12/h2-5H,6H2,1H3. The Morgan fingerprint density at radius 3 is 2.21 bits per heavy atom. The Morgan fingerprint density at radius 2 is 1.79 bits per heavy atom. The highest BCUT2D eigenvalue weighted by Crippen LogP contribution is 2.21. The first kappa shape index (κ1) is 11.2. The van der Waals surface area contributed by atoms with Crippen molar-refractivity contribution in [1.82, 2.24) is 0 Å². The van der Waals surface area contributed by atoms with E-state index < -0.39 is 12.8 Å². The predicted molar refractivity (Wildman–Crippen MR) is 49.8 cm³/mol. The molecule has 0 heterocycles. The van der Waals surface area contributed by atoms with Crippen molar-refractivity contribution in [3.8, 4) is 5.75 Å². The van der Waals surface area contributed by atoms with Gasteiger partial charge in [-0.3, -0.25) is 0 Å². The molecular formula is C9H9F3OS. The minimum Gasteiger partial charge on any atom is -0.484 e. The summed E-state index contributed by atoms with van der Waals surface area (Å²) in [6.07, 6.45) is -2.39. The van der Waals surface area contributed by atoms with Crippen LogP contribution in [0.4, 0.5) is 13.2 Å². The summed E-state index contributed by atoms with van der Waals surface area (Å²) in [4.78, 5) is 0.990. The molecule has 0 atom stereocenters. The maximum Gasteiger partial charge on any atom is 0.422 e. The molecule has 1 rings (SSSR count). The van der Waals surface area contributed by atoms with E-state index >= 15 is 0 Å². The van der Waals surface area contributed by atoms with Gasteiger partial charge in [0.15, 0.2) is 6.61 Å². The van der Waals surface area contributed by atoms with Gasteiger partial charge in [0.25, 0.3) is 0 Å². The van der Waals surface area contributed by atoms with Gasteiger partial charge in [-0.05, 0) is 30.5 Å². The lowest BCUT2D eigenvalue weighted by Gasteiger charge is -2.08. The van der Waals surface area contributed by atoms with Gasteiger partial charge < -0.3 is 4.74 Å². The number of ether oxygens (including phenoxy) is 1. The number of hydrogen-bond donors (Lipinski definition) is 0. The van der Waals surface area contributed by atoms with Crippen molar-refractivity contribution in [2.24, 2.45) is 0 Å². The van der Waals surface area contributed by atoms with Crippen molar-refractivity contribution in [3.63, 3.8) is 0 Å². The van der Waals surface area contributed by atoms with Crippen LogP contribution >= 0.6 is 11.8 Å². The quantitative estimate of drug-likeness (QED) is 0.725. The van der Waals surface area contributed by atoms with Gasteiger partial charge in [0.1, 0.15) is 5.75 Å². The van der Waals surface area contributed by atoms with Crippen molar-refractivity contribution in [2.75, 3.05) is 12.9 Å². The fraction of sp³-hybridized carbons (Fsp3) is 0.333. The average molecular weight is 222 g/mol. The van der Waals surface area contributed by atoms with Crippen molar-refractivity contribution in [1.29, 1.82) is 0 Å². The largest absolute Gasteiger partial charge is 0.484 e. The first-order chi connectivity index (χ1) is 6.51. The minimum absolute atomic E-state index is 0.236. The summed E-state index contributed by atoms with van der Waals surface area (Å²) in [5.41, 5.74) is 0. The van der Waals surface area contributed by atoms with Gasteiger partial charge >= 0.3 is 6.18 Å². The molecule has 0 unspecified atom stereocenters. The third-order valence-corrected chi connectivity index (χ3v) is 2.21. The van der Waals surface area contributed by atoms with E-state index in [0.29, 0.717) is 0 Å². The monoisotopic (exact) mass is 222 g/mol. The maximum atomic E-state index is 11.8. The lowest BCUT2D eigenvalue weighted by molar-refractivity contribution is -0.153. The summed E-state index contributed by atoms with van der Waals surface area (Å²) in [6.45, 7) is -1.24. The molecule has 0 fully saturated rings. The van der Waals surface area contributed by atoms with Gasteiger partial charge in [-0.1, -0.05) is 0 Å². The summed E-state index contributed by atoms with van der Waals surface area (Å²) in [7, 11) is 0. The fourth-order valence-corrected chi connectivity index (χ4v) is 1.25. The maximum absolute atomic E-state index is 11.8. The molecule has 0 amide bonds. The number of benzene rings is 1. The summed E-state index contributed by atoms with van der Waals surface area (Å²) < 4.78 is 39.8. The summed E-state index contributed by atoms with van der Waals surface area (Å²) in [5.74, 6) is 0.236. The Balaban J connectivity index is 2.52. The zero-order chi connectivity index (χ0) is 10.6. The van der Waals surface area contributed by atoms with E-state index in [4.69, 9.17) is 0 Å². The van der Waals surface area contributed by atoms with Gasteiger partial charge in [0.2, 0.25) is 0 Å². The van der Waals surface area contributed by atoms with Crippen LogP contribution in [-0.4, -0.2) is 19.0 Å². The molecule has 1 aromatic rings. The molecule has 0 N–H and O–H groups in total. The van der Waals surface area contributed by atoms with Crippen LogP contribution in [0.25, 0.3) is 0 Å². The van der Waals surface area contributed by atoms with Crippen molar-refractivity contribution < 1.29 is 17.9 Å². The molecule has 1 nitrogen and oxygen atoms in total. The Labute approximate surface area is 84.3 Å².